The molecule has 0 aliphatic heterocycles. The molecule has 1 atom stereocenters. The highest BCUT2D eigenvalue weighted by Crippen LogP contribution is 2.35. The molecule has 0 fully saturated rings. The minimum Gasteiger partial charge on any atom is -0.373 e. The lowest BCUT2D eigenvalue weighted by molar-refractivity contribution is -0.141. The number of hydrogen-bond acceptors (Lipinski definition) is 3. The number of aryl methyl sites for hydroxylation is 1. The van der Waals surface area contributed by atoms with Gasteiger partial charge in [-0.2, -0.15) is 26.3 Å². The molecule has 0 spiro atoms. The van der Waals surface area contributed by atoms with Crippen LogP contribution in [0.1, 0.15) is 34.0 Å². The van der Waals surface area contributed by atoms with Gasteiger partial charge in [0.25, 0.3) is 0 Å². The van der Waals surface area contributed by atoms with Crippen molar-refractivity contribution in [2.75, 3.05) is 5.32 Å². The zero-order chi connectivity index (χ0) is 23.8. The van der Waals surface area contributed by atoms with E-state index in [2.05, 4.69) is 15.3 Å². The summed E-state index contributed by atoms with van der Waals surface area (Å²) in [6.07, 6.45) is -6.37. The van der Waals surface area contributed by atoms with Crippen molar-refractivity contribution >= 4 is 16.6 Å². The van der Waals surface area contributed by atoms with Crippen LogP contribution in [0.25, 0.3) is 10.9 Å². The van der Waals surface area contributed by atoms with Gasteiger partial charge in [-0.1, -0.05) is 30.3 Å². The highest BCUT2D eigenvalue weighted by molar-refractivity contribution is 5.83. The second kappa shape index (κ2) is 8.38. The number of fused-ring (bicyclic) bond motifs is 1. The van der Waals surface area contributed by atoms with Crippen LogP contribution in [0, 0.1) is 6.92 Å². The monoisotopic (exact) mass is 461 g/mol. The first kappa shape index (κ1) is 22.6. The molecule has 0 saturated heterocycles. The Bertz CT molecular complexity index is 1260. The lowest BCUT2D eigenvalue weighted by Gasteiger charge is -2.24. The summed E-state index contributed by atoms with van der Waals surface area (Å²) in [5, 5.41) is 4.01. The van der Waals surface area contributed by atoms with E-state index in [1.165, 1.54) is 18.2 Å². The summed E-state index contributed by atoms with van der Waals surface area (Å²) in [6, 6.07) is 13.4. The highest BCUT2D eigenvalue weighted by atomic mass is 19.4. The first-order valence-corrected chi connectivity index (χ1v) is 9.85. The van der Waals surface area contributed by atoms with Gasteiger partial charge >= 0.3 is 12.4 Å². The smallest absolute Gasteiger partial charge is 0.373 e. The van der Waals surface area contributed by atoms with Crippen molar-refractivity contribution in [3.8, 4) is 0 Å². The second-order valence-corrected chi connectivity index (χ2v) is 7.48. The van der Waals surface area contributed by atoms with E-state index in [1.54, 1.807) is 12.3 Å². The molecule has 0 amide bonds. The van der Waals surface area contributed by atoms with Gasteiger partial charge in [0.05, 0.1) is 29.0 Å². The van der Waals surface area contributed by atoms with E-state index in [-0.39, 0.29) is 5.69 Å². The van der Waals surface area contributed by atoms with Crippen molar-refractivity contribution < 1.29 is 26.3 Å². The maximum Gasteiger partial charge on any atom is 0.433 e. The number of nitrogens with one attached hydrogen (secondary N) is 1. The molecule has 0 radical (unpaired) electrons. The third kappa shape index (κ3) is 4.76. The number of halogens is 6. The first-order chi connectivity index (χ1) is 15.5. The number of rotatable bonds is 4. The molecule has 170 valence electrons. The van der Waals surface area contributed by atoms with Gasteiger partial charge in [0.1, 0.15) is 5.69 Å². The van der Waals surface area contributed by atoms with E-state index >= 15 is 0 Å². The van der Waals surface area contributed by atoms with Crippen LogP contribution in [-0.2, 0) is 12.4 Å². The molecule has 4 rings (SSSR count). The summed E-state index contributed by atoms with van der Waals surface area (Å²) in [5.41, 5.74) is 1.20. The number of nitrogens with zero attached hydrogens (tertiary/aromatic N) is 2. The van der Waals surface area contributed by atoms with Crippen molar-refractivity contribution in [3.05, 3.63) is 101 Å². The summed E-state index contributed by atoms with van der Waals surface area (Å²) >= 11 is 0. The number of aromatic nitrogens is 2. The van der Waals surface area contributed by atoms with Crippen LogP contribution in [0.4, 0.5) is 32.0 Å². The summed E-state index contributed by atoms with van der Waals surface area (Å²) in [7, 11) is 0. The molecule has 9 heteroatoms. The normalized spacial score (nSPS) is 13.2. The first-order valence-electron chi connectivity index (χ1n) is 9.85. The molecule has 0 aliphatic rings. The Labute approximate surface area is 185 Å². The van der Waals surface area contributed by atoms with E-state index in [0.29, 0.717) is 5.56 Å². The third-order valence-electron chi connectivity index (χ3n) is 5.32. The van der Waals surface area contributed by atoms with Crippen LogP contribution in [0.5, 0.6) is 0 Å². The summed E-state index contributed by atoms with van der Waals surface area (Å²) in [4.78, 5) is 7.86. The molecule has 0 bridgehead atoms. The fourth-order valence-electron chi connectivity index (χ4n) is 3.64. The Balaban J connectivity index is 1.78. The molecular formula is C24H17F6N3. The fourth-order valence-corrected chi connectivity index (χ4v) is 3.64. The molecule has 33 heavy (non-hydrogen) atoms. The minimum atomic E-state index is -4.58. The molecule has 0 saturated carbocycles. The summed E-state index contributed by atoms with van der Waals surface area (Å²) in [5.74, 6) is 0. The van der Waals surface area contributed by atoms with Gasteiger partial charge < -0.3 is 5.32 Å². The largest absolute Gasteiger partial charge is 0.433 e. The van der Waals surface area contributed by atoms with E-state index in [1.807, 2.05) is 25.1 Å². The Morgan fingerprint density at radius 2 is 1.52 bits per heavy atom. The highest BCUT2D eigenvalue weighted by Gasteiger charge is 2.32. The average Bonchev–Trinajstić information content (AvgIpc) is 2.77. The van der Waals surface area contributed by atoms with E-state index in [4.69, 9.17) is 0 Å². The van der Waals surface area contributed by atoms with Gasteiger partial charge in [-0.25, -0.2) is 4.98 Å². The molecule has 1 N–H and O–H groups in total. The summed E-state index contributed by atoms with van der Waals surface area (Å²) < 4.78 is 77.7. The van der Waals surface area contributed by atoms with E-state index in [9.17, 15) is 26.3 Å². The van der Waals surface area contributed by atoms with Crippen LogP contribution >= 0.6 is 0 Å². The molecule has 2 heterocycles. The second-order valence-electron chi connectivity index (χ2n) is 7.48. The van der Waals surface area contributed by atoms with Crippen LogP contribution in [0.3, 0.4) is 0 Å². The average molecular weight is 461 g/mol. The standard InChI is InChI=1S/C24H17F6N3/c1-14-19(10-6-15-3-2-12-31-21(14)15)22(16-4-7-17(8-5-16)23(25,26)27)33-18-9-11-20(32-13-18)24(28,29)30/h2-13,22,33H,1H3. The number of hydrogen-bond donors (Lipinski definition) is 1. The zero-order valence-electron chi connectivity index (χ0n) is 17.2. The fraction of sp³-hybridized carbons (Fsp3) is 0.167. The van der Waals surface area contributed by atoms with Crippen molar-refractivity contribution in [1.82, 2.24) is 9.97 Å². The topological polar surface area (TPSA) is 37.8 Å². The minimum absolute atomic E-state index is 0.286. The number of alkyl halides is 6. The SMILES string of the molecule is Cc1c(C(Nc2ccc(C(F)(F)F)nc2)c2ccc(C(F)(F)F)cc2)ccc2cccnc12. The molecule has 2 aromatic carbocycles. The van der Waals surface area contributed by atoms with Crippen molar-refractivity contribution in [3.63, 3.8) is 0 Å². The van der Waals surface area contributed by atoms with Gasteiger partial charge in [0.15, 0.2) is 0 Å². The molecule has 4 aromatic rings. The molecule has 3 nitrogen and oxygen atoms in total. The van der Waals surface area contributed by atoms with Gasteiger partial charge in [0, 0.05) is 11.6 Å². The zero-order valence-corrected chi connectivity index (χ0v) is 17.2. The number of benzene rings is 2. The van der Waals surface area contributed by atoms with Gasteiger partial charge in [0.2, 0.25) is 0 Å². The predicted molar refractivity (Wildman–Crippen MR) is 113 cm³/mol. The van der Waals surface area contributed by atoms with Crippen LogP contribution in [0.2, 0.25) is 0 Å². The molecule has 2 aromatic heterocycles. The number of anilines is 1. The van der Waals surface area contributed by atoms with Crippen molar-refractivity contribution in [2.24, 2.45) is 0 Å². The van der Waals surface area contributed by atoms with Gasteiger partial charge in [-0.3, -0.25) is 4.98 Å². The van der Waals surface area contributed by atoms with E-state index < -0.39 is 29.7 Å². The summed E-state index contributed by atoms with van der Waals surface area (Å²) in [6.45, 7) is 1.84. The Kier molecular flexibility index (Phi) is 5.73. The van der Waals surface area contributed by atoms with E-state index in [0.717, 1.165) is 46.4 Å². The lowest BCUT2D eigenvalue weighted by Crippen LogP contribution is -2.15. The van der Waals surface area contributed by atoms with Crippen LogP contribution in [0.15, 0.2) is 73.1 Å². The maximum atomic E-state index is 13.0. The Morgan fingerprint density at radius 1 is 0.788 bits per heavy atom. The third-order valence-corrected chi connectivity index (χ3v) is 5.32. The van der Waals surface area contributed by atoms with Crippen molar-refractivity contribution in [1.29, 1.82) is 0 Å². The molecule has 1 unspecified atom stereocenters. The van der Waals surface area contributed by atoms with Gasteiger partial charge in [-0.05, 0) is 53.9 Å². The Hall–Kier alpha value is -3.62. The molecule has 0 aliphatic carbocycles. The quantitative estimate of drug-likeness (QED) is 0.327. The maximum absolute atomic E-state index is 13.0. The lowest BCUT2D eigenvalue weighted by atomic mass is 9.92. The Morgan fingerprint density at radius 3 is 2.12 bits per heavy atom. The van der Waals surface area contributed by atoms with Crippen LogP contribution < -0.4 is 5.32 Å². The van der Waals surface area contributed by atoms with Crippen LogP contribution in [-0.4, -0.2) is 9.97 Å². The number of pyridine rings is 2. The van der Waals surface area contributed by atoms with Gasteiger partial charge in [-0.15, -0.1) is 0 Å². The molecular weight excluding hydrogens is 444 g/mol. The van der Waals surface area contributed by atoms with Crippen molar-refractivity contribution in [2.45, 2.75) is 25.3 Å². The predicted octanol–water partition coefficient (Wildman–Crippen LogP) is 7.18.